The first kappa shape index (κ1) is 13.6. The Balaban J connectivity index is 1.63. The van der Waals surface area contributed by atoms with Gasteiger partial charge in [0.25, 0.3) is 0 Å². The molecular weight excluding hydrogens is 252 g/mol. The smallest absolute Gasteiger partial charge is 0.226 e. The Hall–Kier alpha value is -1.39. The SMILES string of the molecule is CNCC1CN(C(=O)C2Cc3ccccc3C2)CCO1. The number of amides is 1. The molecule has 4 heteroatoms. The Labute approximate surface area is 120 Å². The van der Waals surface area contributed by atoms with E-state index in [1.807, 2.05) is 11.9 Å². The van der Waals surface area contributed by atoms with Crippen LogP contribution in [-0.4, -0.2) is 50.2 Å². The van der Waals surface area contributed by atoms with E-state index in [1.54, 1.807) is 0 Å². The molecule has 1 aliphatic heterocycles. The van der Waals surface area contributed by atoms with Crippen molar-refractivity contribution in [3.63, 3.8) is 0 Å². The lowest BCUT2D eigenvalue weighted by molar-refractivity contribution is -0.142. The van der Waals surface area contributed by atoms with Crippen LogP contribution in [0.3, 0.4) is 0 Å². The number of nitrogens with zero attached hydrogens (tertiary/aromatic N) is 1. The van der Waals surface area contributed by atoms with Crippen LogP contribution in [0.25, 0.3) is 0 Å². The summed E-state index contributed by atoms with van der Waals surface area (Å²) in [6, 6.07) is 8.41. The summed E-state index contributed by atoms with van der Waals surface area (Å²) in [6.45, 7) is 2.89. The molecule has 0 bridgehead atoms. The largest absolute Gasteiger partial charge is 0.373 e. The first-order valence-corrected chi connectivity index (χ1v) is 7.39. The molecule has 1 aliphatic carbocycles. The molecule has 1 aromatic carbocycles. The topological polar surface area (TPSA) is 41.6 Å². The van der Waals surface area contributed by atoms with E-state index < -0.39 is 0 Å². The molecule has 108 valence electrons. The first-order chi connectivity index (χ1) is 9.78. The molecule has 0 aromatic heterocycles. The molecule has 1 fully saturated rings. The number of hydrogen-bond acceptors (Lipinski definition) is 3. The molecule has 4 nitrogen and oxygen atoms in total. The minimum absolute atomic E-state index is 0.126. The number of hydrogen-bond donors (Lipinski definition) is 1. The van der Waals surface area contributed by atoms with Crippen molar-refractivity contribution in [1.29, 1.82) is 0 Å². The Bertz CT molecular complexity index is 462. The number of carbonyl (C=O) groups excluding carboxylic acids is 1. The summed E-state index contributed by atoms with van der Waals surface area (Å²) in [5, 5.41) is 3.12. The van der Waals surface area contributed by atoms with Gasteiger partial charge in [-0.1, -0.05) is 24.3 Å². The summed E-state index contributed by atoms with van der Waals surface area (Å²) in [6.07, 6.45) is 1.91. The fraction of sp³-hybridized carbons (Fsp3) is 0.562. The van der Waals surface area contributed by atoms with Crippen molar-refractivity contribution < 1.29 is 9.53 Å². The van der Waals surface area contributed by atoms with E-state index in [0.717, 1.165) is 25.9 Å². The van der Waals surface area contributed by atoms with Gasteiger partial charge in [0, 0.05) is 25.6 Å². The van der Waals surface area contributed by atoms with Gasteiger partial charge in [-0.15, -0.1) is 0 Å². The normalized spacial score (nSPS) is 22.9. The standard InChI is InChI=1S/C16H22N2O2/c1-17-10-15-11-18(6-7-20-15)16(19)14-8-12-4-2-3-5-13(12)9-14/h2-5,14-15,17H,6-11H2,1H3. The Kier molecular flexibility index (Phi) is 4.03. The quantitative estimate of drug-likeness (QED) is 0.888. The van der Waals surface area contributed by atoms with Gasteiger partial charge in [0.05, 0.1) is 12.7 Å². The third kappa shape index (κ3) is 2.72. The second-order valence-corrected chi connectivity index (χ2v) is 5.71. The van der Waals surface area contributed by atoms with Crippen LogP contribution in [0, 0.1) is 5.92 Å². The molecule has 0 saturated carbocycles. The van der Waals surface area contributed by atoms with Crippen molar-refractivity contribution >= 4 is 5.91 Å². The average molecular weight is 274 g/mol. The highest BCUT2D eigenvalue weighted by atomic mass is 16.5. The molecule has 3 rings (SSSR count). The number of ether oxygens (including phenoxy) is 1. The Morgan fingerprint density at radius 3 is 2.70 bits per heavy atom. The van der Waals surface area contributed by atoms with Crippen molar-refractivity contribution in [2.75, 3.05) is 33.3 Å². The number of rotatable bonds is 3. The molecule has 20 heavy (non-hydrogen) atoms. The van der Waals surface area contributed by atoms with E-state index in [4.69, 9.17) is 4.74 Å². The number of morpholine rings is 1. The van der Waals surface area contributed by atoms with Crippen LogP contribution >= 0.6 is 0 Å². The average Bonchev–Trinajstić information content (AvgIpc) is 2.91. The molecule has 1 atom stereocenters. The predicted molar refractivity (Wildman–Crippen MR) is 77.6 cm³/mol. The Morgan fingerprint density at radius 2 is 2.05 bits per heavy atom. The van der Waals surface area contributed by atoms with Crippen LogP contribution < -0.4 is 5.32 Å². The summed E-state index contributed by atoms with van der Waals surface area (Å²) in [5.41, 5.74) is 2.68. The zero-order valence-electron chi connectivity index (χ0n) is 12.0. The summed E-state index contributed by atoms with van der Waals surface area (Å²) in [5.74, 6) is 0.423. The van der Waals surface area contributed by atoms with Crippen LogP contribution in [0.2, 0.25) is 0 Å². The van der Waals surface area contributed by atoms with Gasteiger partial charge in [0.1, 0.15) is 0 Å². The maximum atomic E-state index is 12.7. The van der Waals surface area contributed by atoms with Crippen molar-refractivity contribution in [2.45, 2.75) is 18.9 Å². The van der Waals surface area contributed by atoms with Crippen LogP contribution in [-0.2, 0) is 22.4 Å². The van der Waals surface area contributed by atoms with Gasteiger partial charge >= 0.3 is 0 Å². The van der Waals surface area contributed by atoms with Gasteiger partial charge in [-0.3, -0.25) is 4.79 Å². The number of nitrogens with one attached hydrogen (secondary N) is 1. The van der Waals surface area contributed by atoms with Gasteiger partial charge < -0.3 is 15.0 Å². The fourth-order valence-corrected chi connectivity index (χ4v) is 3.26. The molecule has 1 amide bonds. The molecule has 0 radical (unpaired) electrons. The van der Waals surface area contributed by atoms with Crippen LogP contribution in [0.15, 0.2) is 24.3 Å². The summed E-state index contributed by atoms with van der Waals surface area (Å²) < 4.78 is 5.67. The van der Waals surface area contributed by atoms with Crippen LogP contribution in [0.4, 0.5) is 0 Å². The maximum absolute atomic E-state index is 12.7. The third-order valence-electron chi connectivity index (χ3n) is 4.28. The van der Waals surface area contributed by atoms with E-state index >= 15 is 0 Å². The highest BCUT2D eigenvalue weighted by molar-refractivity contribution is 5.80. The first-order valence-electron chi connectivity index (χ1n) is 7.39. The second-order valence-electron chi connectivity index (χ2n) is 5.71. The molecule has 1 aromatic rings. The molecule has 1 N–H and O–H groups in total. The molecular formula is C16H22N2O2. The van der Waals surface area contributed by atoms with E-state index in [2.05, 4.69) is 29.6 Å². The van der Waals surface area contributed by atoms with E-state index in [-0.39, 0.29) is 12.0 Å². The van der Waals surface area contributed by atoms with Gasteiger partial charge in [0.2, 0.25) is 5.91 Å². The van der Waals surface area contributed by atoms with Gasteiger partial charge in [-0.2, -0.15) is 0 Å². The number of benzene rings is 1. The van der Waals surface area contributed by atoms with E-state index in [9.17, 15) is 4.79 Å². The summed E-state index contributed by atoms with van der Waals surface area (Å²) in [4.78, 5) is 14.7. The Morgan fingerprint density at radius 1 is 1.35 bits per heavy atom. The molecule has 0 spiro atoms. The van der Waals surface area contributed by atoms with E-state index in [0.29, 0.717) is 19.1 Å². The van der Waals surface area contributed by atoms with Gasteiger partial charge in [-0.05, 0) is 31.0 Å². The maximum Gasteiger partial charge on any atom is 0.226 e. The minimum Gasteiger partial charge on any atom is -0.373 e. The van der Waals surface area contributed by atoms with Gasteiger partial charge in [-0.25, -0.2) is 0 Å². The summed E-state index contributed by atoms with van der Waals surface area (Å²) in [7, 11) is 1.91. The van der Waals surface area contributed by atoms with Crippen molar-refractivity contribution in [3.8, 4) is 0 Å². The monoisotopic (exact) mass is 274 g/mol. The predicted octanol–water partition coefficient (Wildman–Crippen LogP) is 0.848. The third-order valence-corrected chi connectivity index (χ3v) is 4.28. The fourth-order valence-electron chi connectivity index (χ4n) is 3.26. The zero-order chi connectivity index (χ0) is 13.9. The highest BCUT2D eigenvalue weighted by Crippen LogP contribution is 2.28. The molecule has 1 unspecified atom stereocenters. The lowest BCUT2D eigenvalue weighted by Gasteiger charge is -2.34. The lowest BCUT2D eigenvalue weighted by atomic mass is 10.0. The molecule has 2 aliphatic rings. The highest BCUT2D eigenvalue weighted by Gasteiger charge is 2.32. The number of likely N-dealkylation sites (N-methyl/N-ethyl adjacent to an activating group) is 1. The van der Waals surface area contributed by atoms with Gasteiger partial charge in [0.15, 0.2) is 0 Å². The van der Waals surface area contributed by atoms with Crippen molar-refractivity contribution in [2.24, 2.45) is 5.92 Å². The molecule has 1 heterocycles. The zero-order valence-corrected chi connectivity index (χ0v) is 12.0. The number of fused-ring (bicyclic) bond motifs is 1. The molecule has 1 saturated heterocycles. The van der Waals surface area contributed by atoms with Crippen molar-refractivity contribution in [3.05, 3.63) is 35.4 Å². The minimum atomic E-state index is 0.126. The van der Waals surface area contributed by atoms with E-state index in [1.165, 1.54) is 11.1 Å². The second kappa shape index (κ2) is 5.94. The van der Waals surface area contributed by atoms with Crippen molar-refractivity contribution in [1.82, 2.24) is 10.2 Å². The summed E-state index contributed by atoms with van der Waals surface area (Å²) >= 11 is 0. The van der Waals surface area contributed by atoms with Crippen LogP contribution in [0.5, 0.6) is 0 Å². The number of carbonyl (C=O) groups is 1. The lowest BCUT2D eigenvalue weighted by Crippen LogP contribution is -2.50. The van der Waals surface area contributed by atoms with Crippen LogP contribution in [0.1, 0.15) is 11.1 Å².